The third kappa shape index (κ3) is 3.01. The lowest BCUT2D eigenvalue weighted by molar-refractivity contribution is 0.143. The maximum atomic E-state index is 9.46. The molecular weight excluding hydrogens is 278 g/mol. The molecule has 0 aliphatic carbocycles. The van der Waals surface area contributed by atoms with E-state index in [1.165, 1.54) is 5.69 Å². The highest BCUT2D eigenvalue weighted by Gasteiger charge is 2.30. The van der Waals surface area contributed by atoms with Crippen molar-refractivity contribution in [3.05, 3.63) is 18.2 Å². The topological polar surface area (TPSA) is 48.0 Å². The average molecular weight is 305 g/mol. The van der Waals surface area contributed by atoms with Crippen molar-refractivity contribution in [2.45, 2.75) is 20.0 Å². The summed E-state index contributed by atoms with van der Waals surface area (Å²) in [6, 6.07) is 6.31. The van der Waals surface area contributed by atoms with Gasteiger partial charge in [-0.15, -0.1) is 0 Å². The fourth-order valence-corrected chi connectivity index (χ4v) is 3.26. The van der Waals surface area contributed by atoms with Gasteiger partial charge in [-0.2, -0.15) is 0 Å². The molecule has 1 unspecified atom stereocenters. The predicted octanol–water partition coefficient (Wildman–Crippen LogP) is 1.31. The first-order chi connectivity index (χ1) is 10.7. The molecule has 1 aromatic rings. The second-order valence-electron chi connectivity index (χ2n) is 6.43. The van der Waals surface area contributed by atoms with Gasteiger partial charge in [0.05, 0.1) is 18.8 Å². The molecule has 5 heteroatoms. The molecule has 3 rings (SSSR count). The zero-order valence-corrected chi connectivity index (χ0v) is 13.6. The molecule has 1 aromatic carbocycles. The number of hydrogen-bond donors (Lipinski definition) is 2. The van der Waals surface area contributed by atoms with E-state index in [4.69, 9.17) is 4.74 Å². The average Bonchev–Trinajstić information content (AvgIpc) is 2.55. The third-order valence-electron chi connectivity index (χ3n) is 4.54. The SMILES string of the molecule is CC(C)C1CN(CCO)c2c(cccc2N2CCNCC2)O1. The Labute approximate surface area is 132 Å². The van der Waals surface area contributed by atoms with Crippen LogP contribution >= 0.6 is 0 Å². The Morgan fingerprint density at radius 2 is 2.09 bits per heavy atom. The van der Waals surface area contributed by atoms with Crippen LogP contribution in [-0.2, 0) is 0 Å². The number of fused-ring (bicyclic) bond motifs is 1. The van der Waals surface area contributed by atoms with Crippen molar-refractivity contribution in [1.82, 2.24) is 5.32 Å². The van der Waals surface area contributed by atoms with Crippen LogP contribution in [0.3, 0.4) is 0 Å². The number of piperazine rings is 1. The van der Waals surface area contributed by atoms with Gasteiger partial charge in [-0.05, 0) is 18.1 Å². The number of β-amino-alcohol motifs (C(OH)–C–C–N with tert-alkyl or cyclic N) is 1. The molecule has 0 saturated carbocycles. The molecule has 1 fully saturated rings. The number of ether oxygens (including phenoxy) is 1. The lowest BCUT2D eigenvalue weighted by atomic mass is 10.0. The van der Waals surface area contributed by atoms with Gasteiger partial charge in [0.15, 0.2) is 0 Å². The number of rotatable bonds is 4. The number of para-hydroxylation sites is 1. The molecule has 22 heavy (non-hydrogen) atoms. The van der Waals surface area contributed by atoms with E-state index in [1.807, 2.05) is 0 Å². The van der Waals surface area contributed by atoms with Crippen LogP contribution in [0.4, 0.5) is 11.4 Å². The van der Waals surface area contributed by atoms with E-state index in [2.05, 4.69) is 47.2 Å². The predicted molar refractivity (Wildman–Crippen MR) is 90.1 cm³/mol. The van der Waals surface area contributed by atoms with E-state index < -0.39 is 0 Å². The molecule has 2 aliphatic rings. The smallest absolute Gasteiger partial charge is 0.145 e. The van der Waals surface area contributed by atoms with Gasteiger partial charge in [0.1, 0.15) is 17.5 Å². The Morgan fingerprint density at radius 3 is 2.77 bits per heavy atom. The van der Waals surface area contributed by atoms with Crippen molar-refractivity contribution >= 4 is 11.4 Å². The van der Waals surface area contributed by atoms with E-state index >= 15 is 0 Å². The molecule has 2 heterocycles. The van der Waals surface area contributed by atoms with Gasteiger partial charge >= 0.3 is 0 Å². The molecule has 2 N–H and O–H groups in total. The summed E-state index contributed by atoms with van der Waals surface area (Å²) in [4.78, 5) is 4.71. The molecule has 0 spiro atoms. The van der Waals surface area contributed by atoms with Crippen LogP contribution in [-0.4, -0.2) is 57.1 Å². The van der Waals surface area contributed by atoms with Gasteiger partial charge in [0.2, 0.25) is 0 Å². The highest BCUT2D eigenvalue weighted by Crippen LogP contribution is 2.42. The highest BCUT2D eigenvalue weighted by molar-refractivity contribution is 5.79. The van der Waals surface area contributed by atoms with E-state index in [0.29, 0.717) is 12.5 Å². The van der Waals surface area contributed by atoms with Crippen molar-refractivity contribution in [2.75, 3.05) is 55.7 Å². The molecule has 1 saturated heterocycles. The highest BCUT2D eigenvalue weighted by atomic mass is 16.5. The van der Waals surface area contributed by atoms with E-state index in [-0.39, 0.29) is 12.7 Å². The molecular formula is C17H27N3O2. The second-order valence-corrected chi connectivity index (χ2v) is 6.43. The number of nitrogens with zero attached hydrogens (tertiary/aromatic N) is 2. The minimum Gasteiger partial charge on any atom is -0.486 e. The Balaban J connectivity index is 1.95. The summed E-state index contributed by atoms with van der Waals surface area (Å²) >= 11 is 0. The summed E-state index contributed by atoms with van der Waals surface area (Å²) in [5.41, 5.74) is 2.38. The fourth-order valence-electron chi connectivity index (χ4n) is 3.26. The lowest BCUT2D eigenvalue weighted by Gasteiger charge is -2.41. The summed E-state index contributed by atoms with van der Waals surface area (Å²) in [5.74, 6) is 1.41. The van der Waals surface area contributed by atoms with Crippen LogP contribution in [0.15, 0.2) is 18.2 Å². The first-order valence-electron chi connectivity index (χ1n) is 8.32. The van der Waals surface area contributed by atoms with Gasteiger partial charge in [0.25, 0.3) is 0 Å². The van der Waals surface area contributed by atoms with Crippen molar-refractivity contribution in [2.24, 2.45) is 5.92 Å². The molecule has 0 aromatic heterocycles. The normalized spacial score (nSPS) is 21.7. The monoisotopic (exact) mass is 305 g/mol. The number of hydrogen-bond acceptors (Lipinski definition) is 5. The first-order valence-corrected chi connectivity index (χ1v) is 8.32. The van der Waals surface area contributed by atoms with Crippen LogP contribution in [0, 0.1) is 5.92 Å². The van der Waals surface area contributed by atoms with E-state index in [0.717, 1.165) is 44.2 Å². The number of anilines is 2. The van der Waals surface area contributed by atoms with Crippen LogP contribution in [0.1, 0.15) is 13.8 Å². The zero-order chi connectivity index (χ0) is 15.5. The fraction of sp³-hybridized carbons (Fsp3) is 0.647. The molecule has 2 aliphatic heterocycles. The summed E-state index contributed by atoms with van der Waals surface area (Å²) < 4.78 is 6.24. The summed E-state index contributed by atoms with van der Waals surface area (Å²) in [6.07, 6.45) is 0.178. The zero-order valence-electron chi connectivity index (χ0n) is 13.6. The molecule has 0 amide bonds. The first kappa shape index (κ1) is 15.4. The van der Waals surface area contributed by atoms with Crippen molar-refractivity contribution in [1.29, 1.82) is 0 Å². The summed E-state index contributed by atoms with van der Waals surface area (Å²) in [7, 11) is 0. The van der Waals surface area contributed by atoms with Gasteiger partial charge in [-0.3, -0.25) is 0 Å². The maximum absolute atomic E-state index is 9.46. The third-order valence-corrected chi connectivity index (χ3v) is 4.54. The van der Waals surface area contributed by atoms with Gasteiger partial charge in [-0.25, -0.2) is 0 Å². The Hall–Kier alpha value is -1.46. The van der Waals surface area contributed by atoms with Gasteiger partial charge < -0.3 is 25.0 Å². The van der Waals surface area contributed by atoms with Gasteiger partial charge in [-0.1, -0.05) is 19.9 Å². The van der Waals surface area contributed by atoms with Gasteiger partial charge in [0, 0.05) is 32.7 Å². The Kier molecular flexibility index (Phi) is 4.74. The largest absolute Gasteiger partial charge is 0.486 e. The number of aliphatic hydroxyl groups excluding tert-OH is 1. The molecule has 0 bridgehead atoms. The van der Waals surface area contributed by atoms with Crippen molar-refractivity contribution in [3.63, 3.8) is 0 Å². The second kappa shape index (κ2) is 6.75. The maximum Gasteiger partial charge on any atom is 0.145 e. The summed E-state index contributed by atoms with van der Waals surface area (Å²) in [5, 5.41) is 12.9. The minimum atomic E-state index is 0.167. The standard InChI is InChI=1S/C17H27N3O2/c1-13(2)16-12-20(10-11-21)17-14(4-3-5-15(17)22-16)19-8-6-18-7-9-19/h3-5,13,16,18,21H,6-12H2,1-2H3. The van der Waals surface area contributed by atoms with Crippen LogP contribution in [0.2, 0.25) is 0 Å². The molecule has 1 atom stereocenters. The Bertz CT molecular complexity index is 501. The quantitative estimate of drug-likeness (QED) is 0.878. The minimum absolute atomic E-state index is 0.167. The van der Waals surface area contributed by atoms with Crippen LogP contribution in [0.5, 0.6) is 5.75 Å². The summed E-state index contributed by atoms with van der Waals surface area (Å²) in [6.45, 7) is 10.1. The van der Waals surface area contributed by atoms with E-state index in [9.17, 15) is 5.11 Å². The number of benzene rings is 1. The number of aliphatic hydroxyl groups is 1. The van der Waals surface area contributed by atoms with Crippen LogP contribution < -0.4 is 19.9 Å². The lowest BCUT2D eigenvalue weighted by Crippen LogP contribution is -2.47. The molecule has 0 radical (unpaired) electrons. The Morgan fingerprint density at radius 1 is 1.32 bits per heavy atom. The van der Waals surface area contributed by atoms with Crippen LogP contribution in [0.25, 0.3) is 0 Å². The molecule has 122 valence electrons. The number of nitrogens with one attached hydrogen (secondary N) is 1. The molecule has 5 nitrogen and oxygen atoms in total. The van der Waals surface area contributed by atoms with Crippen molar-refractivity contribution in [3.8, 4) is 5.75 Å². The van der Waals surface area contributed by atoms with Crippen molar-refractivity contribution < 1.29 is 9.84 Å². The van der Waals surface area contributed by atoms with E-state index in [1.54, 1.807) is 0 Å².